The van der Waals surface area contributed by atoms with E-state index in [0.717, 1.165) is 62.5 Å². The molecule has 2 fully saturated rings. The van der Waals surface area contributed by atoms with E-state index in [1.165, 1.54) is 44.9 Å². The average Bonchev–Trinajstić information content (AvgIpc) is 3.49. The molecule has 34 heavy (non-hydrogen) atoms. The first-order valence-electron chi connectivity index (χ1n) is 13.3. The molecule has 2 aromatic rings. The molecule has 2 aliphatic rings. The molecule has 4 rings (SSSR count). The Balaban J connectivity index is 1.45. The molecule has 1 aromatic carbocycles. The third-order valence-electron chi connectivity index (χ3n) is 7.44. The minimum atomic E-state index is -0.522. The van der Waals surface area contributed by atoms with Crippen molar-refractivity contribution in [2.45, 2.75) is 96.1 Å². The average molecular weight is 466 g/mol. The van der Waals surface area contributed by atoms with Crippen LogP contribution in [-0.4, -0.2) is 46.2 Å². The minimum Gasteiger partial charge on any atom is -0.346 e. The van der Waals surface area contributed by atoms with Crippen LogP contribution in [0.15, 0.2) is 30.5 Å². The van der Waals surface area contributed by atoms with E-state index in [1.807, 2.05) is 33.7 Å². The highest BCUT2D eigenvalue weighted by Crippen LogP contribution is 2.23. The van der Waals surface area contributed by atoms with Crippen LogP contribution in [-0.2, 0) is 16.1 Å². The molecule has 0 bridgehead atoms. The number of carbonyl (C=O) groups excluding carboxylic acids is 3. The summed E-state index contributed by atoms with van der Waals surface area (Å²) in [4.78, 5) is 40.9. The summed E-state index contributed by atoms with van der Waals surface area (Å²) in [5, 5.41) is 3.79. The van der Waals surface area contributed by atoms with Gasteiger partial charge in [-0.15, -0.1) is 0 Å². The highest BCUT2D eigenvalue weighted by atomic mass is 16.2. The fourth-order valence-electron chi connectivity index (χ4n) is 5.45. The number of benzene rings is 1. The Kier molecular flexibility index (Phi) is 8.78. The van der Waals surface area contributed by atoms with E-state index in [2.05, 4.69) is 5.32 Å². The molecule has 0 radical (unpaired) electrons. The minimum absolute atomic E-state index is 0.0565. The van der Waals surface area contributed by atoms with Gasteiger partial charge in [-0.1, -0.05) is 76.0 Å². The summed E-state index contributed by atoms with van der Waals surface area (Å²) < 4.78 is 1.83. The number of para-hydroxylation sites is 1. The van der Waals surface area contributed by atoms with Crippen LogP contribution >= 0.6 is 0 Å². The lowest BCUT2D eigenvalue weighted by Crippen LogP contribution is -2.39. The molecule has 0 spiro atoms. The van der Waals surface area contributed by atoms with Crippen molar-refractivity contribution < 1.29 is 14.4 Å². The number of amides is 2. The second-order valence-electron chi connectivity index (χ2n) is 10.0. The number of ketones is 1. The molecule has 1 aliphatic heterocycles. The normalized spacial score (nSPS) is 18.9. The molecule has 6 heteroatoms. The van der Waals surface area contributed by atoms with Crippen LogP contribution in [0.2, 0.25) is 0 Å². The lowest BCUT2D eigenvalue weighted by Gasteiger charge is -2.19. The van der Waals surface area contributed by atoms with Gasteiger partial charge in [-0.3, -0.25) is 14.4 Å². The van der Waals surface area contributed by atoms with Gasteiger partial charge in [0.1, 0.15) is 6.54 Å². The van der Waals surface area contributed by atoms with Crippen molar-refractivity contribution in [2.75, 3.05) is 13.1 Å². The molecule has 2 heterocycles. The number of likely N-dealkylation sites (tertiary alicyclic amines) is 1. The van der Waals surface area contributed by atoms with Crippen molar-refractivity contribution in [2.24, 2.45) is 0 Å². The Morgan fingerprint density at radius 3 is 2.03 bits per heavy atom. The summed E-state index contributed by atoms with van der Waals surface area (Å²) in [5.41, 5.74) is 1.20. The fraction of sp³-hybridized carbons (Fsp3) is 0.607. The van der Waals surface area contributed by atoms with Crippen molar-refractivity contribution >= 4 is 28.5 Å². The number of aromatic nitrogens is 1. The van der Waals surface area contributed by atoms with Crippen molar-refractivity contribution in [3.8, 4) is 0 Å². The third kappa shape index (κ3) is 6.28. The van der Waals surface area contributed by atoms with Crippen LogP contribution in [0.3, 0.4) is 0 Å². The van der Waals surface area contributed by atoms with E-state index in [1.54, 1.807) is 6.20 Å². The summed E-state index contributed by atoms with van der Waals surface area (Å²) in [6, 6.07) is 7.60. The Bertz CT molecular complexity index is 978. The van der Waals surface area contributed by atoms with Gasteiger partial charge in [0.15, 0.2) is 0 Å². The number of fused-ring (bicyclic) bond motifs is 1. The molecule has 0 unspecified atom stereocenters. The molecular weight excluding hydrogens is 426 g/mol. The van der Waals surface area contributed by atoms with E-state index in [0.29, 0.717) is 5.56 Å². The van der Waals surface area contributed by atoms with Crippen LogP contribution in [0, 0.1) is 0 Å². The van der Waals surface area contributed by atoms with Gasteiger partial charge < -0.3 is 14.8 Å². The van der Waals surface area contributed by atoms with Crippen LogP contribution in [0.5, 0.6) is 0 Å². The van der Waals surface area contributed by atoms with Crippen LogP contribution in [0.4, 0.5) is 0 Å². The quantitative estimate of drug-likeness (QED) is 0.485. The molecule has 1 aliphatic carbocycles. The number of carbonyl (C=O) groups is 3. The number of rotatable bonds is 5. The fourth-order valence-corrected chi connectivity index (χ4v) is 5.45. The van der Waals surface area contributed by atoms with Crippen LogP contribution in [0.1, 0.15) is 93.8 Å². The zero-order valence-electron chi connectivity index (χ0n) is 20.4. The standard InChI is InChI=1S/C28H39N3O3/c32-26(30-18-12-13-19-30)21-31-20-24(23-16-10-11-17-25(23)31)27(33)28(34)29-22-14-8-6-4-2-1-3-5-7-9-15-22/h10-11,16-17,20,22H,1-9,12-15,18-19,21H2,(H,29,34). The lowest BCUT2D eigenvalue weighted by atomic mass is 9.97. The highest BCUT2D eigenvalue weighted by Gasteiger charge is 2.25. The largest absolute Gasteiger partial charge is 0.346 e. The maximum Gasteiger partial charge on any atom is 0.292 e. The summed E-state index contributed by atoms with van der Waals surface area (Å²) in [6.45, 7) is 1.79. The maximum atomic E-state index is 13.2. The number of nitrogens with one attached hydrogen (secondary N) is 1. The van der Waals surface area contributed by atoms with Gasteiger partial charge in [0.2, 0.25) is 5.91 Å². The molecule has 184 valence electrons. The third-order valence-corrected chi connectivity index (χ3v) is 7.44. The highest BCUT2D eigenvalue weighted by molar-refractivity contribution is 6.45. The SMILES string of the molecule is O=C(NC1CCCCCCCCCCC1)C(=O)c1cn(CC(=O)N2CCCC2)c2ccccc12. The van der Waals surface area contributed by atoms with Gasteiger partial charge >= 0.3 is 0 Å². The second-order valence-corrected chi connectivity index (χ2v) is 10.0. The Hall–Kier alpha value is -2.63. The Labute approximate surface area is 203 Å². The second kappa shape index (κ2) is 12.2. The summed E-state index contributed by atoms with van der Waals surface area (Å²) >= 11 is 0. The number of hydrogen-bond donors (Lipinski definition) is 1. The van der Waals surface area contributed by atoms with Gasteiger partial charge in [-0.05, 0) is 31.7 Å². The van der Waals surface area contributed by atoms with Gasteiger partial charge in [0.05, 0.1) is 5.56 Å². The summed E-state index contributed by atoms with van der Waals surface area (Å²) in [5.74, 6) is -0.963. The summed E-state index contributed by atoms with van der Waals surface area (Å²) in [7, 11) is 0. The Morgan fingerprint density at radius 2 is 1.38 bits per heavy atom. The van der Waals surface area contributed by atoms with Gasteiger partial charge in [0, 0.05) is 36.2 Å². The van der Waals surface area contributed by atoms with E-state index >= 15 is 0 Å². The first-order valence-corrected chi connectivity index (χ1v) is 13.3. The smallest absolute Gasteiger partial charge is 0.292 e. The molecular formula is C28H39N3O3. The van der Waals surface area contributed by atoms with Crippen molar-refractivity contribution in [1.29, 1.82) is 0 Å². The molecule has 0 atom stereocenters. The van der Waals surface area contributed by atoms with Gasteiger partial charge in [0.25, 0.3) is 11.7 Å². The van der Waals surface area contributed by atoms with Crippen molar-refractivity contribution in [1.82, 2.24) is 14.8 Å². The van der Waals surface area contributed by atoms with E-state index in [9.17, 15) is 14.4 Å². The van der Waals surface area contributed by atoms with Gasteiger partial charge in [-0.2, -0.15) is 0 Å². The molecule has 1 saturated heterocycles. The number of Topliss-reactive ketones (excluding diaryl/α,β-unsaturated/α-hetero) is 1. The number of hydrogen-bond acceptors (Lipinski definition) is 3. The first kappa shape index (κ1) is 24.5. The van der Waals surface area contributed by atoms with E-state index in [-0.39, 0.29) is 18.5 Å². The molecule has 1 aromatic heterocycles. The monoisotopic (exact) mass is 465 g/mol. The molecule has 1 saturated carbocycles. The van der Waals surface area contributed by atoms with Crippen LogP contribution < -0.4 is 5.32 Å². The van der Waals surface area contributed by atoms with E-state index < -0.39 is 11.7 Å². The van der Waals surface area contributed by atoms with Crippen molar-refractivity contribution in [3.05, 3.63) is 36.0 Å². The summed E-state index contributed by atoms with van der Waals surface area (Å²) in [6.07, 6.45) is 16.7. The zero-order valence-corrected chi connectivity index (χ0v) is 20.4. The molecule has 2 amide bonds. The Morgan fingerprint density at radius 1 is 0.794 bits per heavy atom. The predicted octanol–water partition coefficient (Wildman–Crippen LogP) is 5.24. The first-order chi connectivity index (χ1) is 16.6. The maximum absolute atomic E-state index is 13.2. The lowest BCUT2D eigenvalue weighted by molar-refractivity contribution is -0.130. The van der Waals surface area contributed by atoms with Crippen LogP contribution in [0.25, 0.3) is 10.9 Å². The predicted molar refractivity (Wildman–Crippen MR) is 135 cm³/mol. The van der Waals surface area contributed by atoms with Crippen molar-refractivity contribution in [3.63, 3.8) is 0 Å². The van der Waals surface area contributed by atoms with Gasteiger partial charge in [-0.25, -0.2) is 0 Å². The van der Waals surface area contributed by atoms with E-state index in [4.69, 9.17) is 0 Å². The molecule has 6 nitrogen and oxygen atoms in total. The topological polar surface area (TPSA) is 71.4 Å². The zero-order chi connectivity index (χ0) is 23.8. The molecule has 1 N–H and O–H groups in total. The number of nitrogens with zero attached hydrogens (tertiary/aromatic N) is 2.